The minimum atomic E-state index is -0.729. The number of hydrogen-bond donors (Lipinski definition) is 1. The van der Waals surface area contributed by atoms with E-state index in [-0.39, 0.29) is 17.3 Å². The maximum atomic E-state index is 14.3. The van der Waals surface area contributed by atoms with Crippen LogP contribution in [0, 0.1) is 15.9 Å². The van der Waals surface area contributed by atoms with Crippen LogP contribution in [0.15, 0.2) is 54.0 Å². The van der Waals surface area contributed by atoms with Crippen LogP contribution in [0.1, 0.15) is 27.1 Å². The molecule has 0 bridgehead atoms. The smallest absolute Gasteiger partial charge is 0.271 e. The molecule has 3 aromatic rings. The van der Waals surface area contributed by atoms with E-state index in [1.165, 1.54) is 11.3 Å². The second-order valence-electron chi connectivity index (χ2n) is 5.92. The molecule has 1 aliphatic heterocycles. The average Bonchev–Trinajstić information content (AvgIpc) is 3.26. The Hall–Kier alpha value is -3.33. The van der Waals surface area contributed by atoms with Gasteiger partial charge in [-0.3, -0.25) is 19.9 Å². The zero-order valence-electron chi connectivity index (χ0n) is 13.8. The lowest BCUT2D eigenvalue weighted by atomic mass is 10.2. The number of amides is 1. The molecule has 2 aromatic heterocycles. The maximum absolute atomic E-state index is 14.3. The topological polar surface area (TPSA) is 88.4 Å². The Kier molecular flexibility index (Phi) is 4.28. The van der Waals surface area contributed by atoms with Crippen molar-refractivity contribution < 1.29 is 14.1 Å². The summed E-state index contributed by atoms with van der Waals surface area (Å²) in [5, 5.41) is 15.8. The Labute approximate surface area is 157 Å². The lowest BCUT2D eigenvalue weighted by molar-refractivity contribution is -0.384. The summed E-state index contributed by atoms with van der Waals surface area (Å²) < 4.78 is 14.3. The predicted molar refractivity (Wildman–Crippen MR) is 97.8 cm³/mol. The van der Waals surface area contributed by atoms with Crippen molar-refractivity contribution in [2.45, 2.75) is 12.7 Å². The van der Waals surface area contributed by atoms with E-state index in [1.54, 1.807) is 23.2 Å². The Bertz CT molecular complexity index is 1030. The Morgan fingerprint density at radius 1 is 1.30 bits per heavy atom. The van der Waals surface area contributed by atoms with Gasteiger partial charge < -0.3 is 10.2 Å². The number of pyridine rings is 1. The van der Waals surface area contributed by atoms with Gasteiger partial charge in [0.2, 0.25) is 0 Å². The van der Waals surface area contributed by atoms with Crippen molar-refractivity contribution in [3.05, 3.63) is 86.1 Å². The molecule has 7 nitrogen and oxygen atoms in total. The molecule has 1 amide bonds. The van der Waals surface area contributed by atoms with Crippen LogP contribution < -0.4 is 5.32 Å². The molecule has 0 aliphatic carbocycles. The highest BCUT2D eigenvalue weighted by molar-refractivity contribution is 7.09. The summed E-state index contributed by atoms with van der Waals surface area (Å²) in [7, 11) is 0. The first-order valence-electron chi connectivity index (χ1n) is 8.03. The number of carbonyl (C=O) groups is 1. The molecule has 3 heterocycles. The molecule has 1 unspecified atom stereocenters. The second kappa shape index (κ2) is 6.76. The fourth-order valence-corrected chi connectivity index (χ4v) is 3.70. The highest BCUT2D eigenvalue weighted by Crippen LogP contribution is 2.36. The number of nitro groups is 1. The van der Waals surface area contributed by atoms with E-state index in [4.69, 9.17) is 0 Å². The molecule has 0 spiro atoms. The number of halogens is 1. The molecular formula is C18H13FN4O3S. The van der Waals surface area contributed by atoms with Gasteiger partial charge in [0.15, 0.2) is 0 Å². The number of anilines is 1. The van der Waals surface area contributed by atoms with Gasteiger partial charge in [-0.15, -0.1) is 11.3 Å². The van der Waals surface area contributed by atoms with Gasteiger partial charge in [0.05, 0.1) is 28.4 Å². The molecule has 27 heavy (non-hydrogen) atoms. The van der Waals surface area contributed by atoms with Gasteiger partial charge in [-0.05, 0) is 29.6 Å². The average molecular weight is 384 g/mol. The summed E-state index contributed by atoms with van der Waals surface area (Å²) in [5.74, 6) is -0.872. The number of rotatable bonds is 5. The molecule has 1 aromatic carbocycles. The summed E-state index contributed by atoms with van der Waals surface area (Å²) in [6.07, 6.45) is 0.825. The fraction of sp³-hybridized carbons (Fsp3) is 0.111. The van der Waals surface area contributed by atoms with E-state index in [2.05, 4.69) is 10.3 Å². The lowest BCUT2D eigenvalue weighted by Crippen LogP contribution is -2.32. The standard InChI is InChI=1S/C18H13FN4O3S/c19-14-6-5-11(23(25)26)9-15(14)21-17-16-13(4-1-7-20-16)18(24)22(17)10-12-3-2-8-27-12/h1-9,17,21H,10H2. The van der Waals surface area contributed by atoms with E-state index in [0.29, 0.717) is 17.8 Å². The molecule has 1 aliphatic rings. The maximum Gasteiger partial charge on any atom is 0.271 e. The number of benzene rings is 1. The van der Waals surface area contributed by atoms with Crippen LogP contribution >= 0.6 is 11.3 Å². The third-order valence-corrected chi connectivity index (χ3v) is 5.12. The number of thiophene rings is 1. The van der Waals surface area contributed by atoms with Crippen LogP contribution in [-0.2, 0) is 6.54 Å². The van der Waals surface area contributed by atoms with Gasteiger partial charge in [-0.2, -0.15) is 0 Å². The Balaban J connectivity index is 1.73. The highest BCUT2D eigenvalue weighted by atomic mass is 32.1. The molecule has 0 saturated heterocycles. The van der Waals surface area contributed by atoms with Crippen molar-refractivity contribution in [2.75, 3.05) is 5.32 Å². The van der Waals surface area contributed by atoms with Crippen LogP contribution in [0.5, 0.6) is 0 Å². The third kappa shape index (κ3) is 3.13. The molecule has 0 fully saturated rings. The molecule has 1 N–H and O–H groups in total. The molecule has 4 rings (SSSR count). The van der Waals surface area contributed by atoms with Crippen molar-refractivity contribution >= 4 is 28.6 Å². The van der Waals surface area contributed by atoms with Crippen molar-refractivity contribution in [1.82, 2.24) is 9.88 Å². The van der Waals surface area contributed by atoms with Gasteiger partial charge >= 0.3 is 0 Å². The number of carbonyl (C=O) groups excluding carboxylic acids is 1. The van der Waals surface area contributed by atoms with Gasteiger partial charge in [-0.25, -0.2) is 4.39 Å². The Morgan fingerprint density at radius 2 is 2.15 bits per heavy atom. The molecule has 136 valence electrons. The SMILES string of the molecule is O=C1c2cccnc2C(Nc2cc([N+](=O)[O-])ccc2F)N1Cc1cccs1. The van der Waals surface area contributed by atoms with Gasteiger partial charge in [0, 0.05) is 23.2 Å². The quantitative estimate of drug-likeness (QED) is 0.531. The van der Waals surface area contributed by atoms with Crippen molar-refractivity contribution in [3.63, 3.8) is 0 Å². The summed E-state index contributed by atoms with van der Waals surface area (Å²) in [4.78, 5) is 30.0. The van der Waals surface area contributed by atoms with Crippen molar-refractivity contribution in [1.29, 1.82) is 0 Å². The molecular weight excluding hydrogens is 371 g/mol. The van der Waals surface area contributed by atoms with Crippen LogP contribution in [0.4, 0.5) is 15.8 Å². The first-order valence-corrected chi connectivity index (χ1v) is 8.91. The number of hydrogen-bond acceptors (Lipinski definition) is 6. The second-order valence-corrected chi connectivity index (χ2v) is 6.95. The normalized spacial score (nSPS) is 15.7. The minimum absolute atomic E-state index is 0.0586. The number of nitro benzene ring substituents is 1. The third-order valence-electron chi connectivity index (χ3n) is 4.26. The lowest BCUT2D eigenvalue weighted by Gasteiger charge is -2.26. The number of non-ortho nitro benzene ring substituents is 1. The molecule has 9 heteroatoms. The summed E-state index contributed by atoms with van der Waals surface area (Å²) in [6, 6.07) is 10.3. The van der Waals surface area contributed by atoms with Crippen LogP contribution in [-0.4, -0.2) is 20.7 Å². The fourth-order valence-electron chi connectivity index (χ4n) is 3.00. The highest BCUT2D eigenvalue weighted by Gasteiger charge is 2.38. The zero-order chi connectivity index (χ0) is 19.0. The van der Waals surface area contributed by atoms with E-state index < -0.39 is 16.9 Å². The van der Waals surface area contributed by atoms with E-state index in [1.807, 2.05) is 17.5 Å². The molecule has 0 saturated carbocycles. The first kappa shape index (κ1) is 17.1. The van der Waals surface area contributed by atoms with E-state index in [9.17, 15) is 19.3 Å². The number of nitrogens with one attached hydrogen (secondary N) is 1. The van der Waals surface area contributed by atoms with Gasteiger partial charge in [0.25, 0.3) is 11.6 Å². The first-order chi connectivity index (χ1) is 13.0. The monoisotopic (exact) mass is 384 g/mol. The van der Waals surface area contributed by atoms with Gasteiger partial charge in [0.1, 0.15) is 12.0 Å². The number of aromatic nitrogens is 1. The van der Waals surface area contributed by atoms with Crippen LogP contribution in [0.25, 0.3) is 0 Å². The predicted octanol–water partition coefficient (Wildman–Crippen LogP) is 3.96. The molecule has 1 atom stereocenters. The number of fused-ring (bicyclic) bond motifs is 1. The van der Waals surface area contributed by atoms with E-state index >= 15 is 0 Å². The van der Waals surface area contributed by atoms with Crippen LogP contribution in [0.3, 0.4) is 0 Å². The zero-order valence-corrected chi connectivity index (χ0v) is 14.6. The van der Waals surface area contributed by atoms with Crippen molar-refractivity contribution in [2.24, 2.45) is 0 Å². The minimum Gasteiger partial charge on any atom is -0.357 e. The number of nitrogens with zero attached hydrogens (tertiary/aromatic N) is 3. The summed E-state index contributed by atoms with van der Waals surface area (Å²) >= 11 is 1.50. The van der Waals surface area contributed by atoms with Gasteiger partial charge in [-0.1, -0.05) is 6.07 Å². The summed E-state index contributed by atoms with van der Waals surface area (Å²) in [5.41, 5.74) is 0.591. The Morgan fingerprint density at radius 3 is 2.89 bits per heavy atom. The molecule has 0 radical (unpaired) electrons. The summed E-state index contributed by atoms with van der Waals surface area (Å²) in [6.45, 7) is 0.321. The van der Waals surface area contributed by atoms with Crippen LogP contribution in [0.2, 0.25) is 0 Å². The van der Waals surface area contributed by atoms with Crippen molar-refractivity contribution in [3.8, 4) is 0 Å². The largest absolute Gasteiger partial charge is 0.357 e. The van der Waals surface area contributed by atoms with E-state index in [0.717, 1.165) is 23.1 Å².